The molecule has 5 aromatic heterocycles. The number of aromatic nitrogens is 6. The molecule has 5 rings (SSSR count). The van der Waals surface area contributed by atoms with Crippen molar-refractivity contribution in [2.75, 3.05) is 11.9 Å². The summed E-state index contributed by atoms with van der Waals surface area (Å²) in [6.45, 7) is 5.48. The summed E-state index contributed by atoms with van der Waals surface area (Å²) in [7, 11) is 1.96. The highest BCUT2D eigenvalue weighted by Gasteiger charge is 2.15. The molecule has 0 aliphatic heterocycles. The highest BCUT2D eigenvalue weighted by molar-refractivity contribution is 5.99. The Morgan fingerprint density at radius 1 is 1.13 bits per heavy atom. The van der Waals surface area contributed by atoms with Crippen LogP contribution in [0.3, 0.4) is 0 Å². The first-order valence-corrected chi connectivity index (χ1v) is 9.74. The summed E-state index contributed by atoms with van der Waals surface area (Å²) in [6, 6.07) is 9.96. The molecule has 0 saturated carbocycles. The highest BCUT2D eigenvalue weighted by atomic mass is 15.2. The molecule has 0 bridgehead atoms. The maximum Gasteiger partial charge on any atom is 0.155 e. The summed E-state index contributed by atoms with van der Waals surface area (Å²) < 4.78 is 0. The standard InChI is InChI=1S/C23H20N8/c1-14(24-2)13-31(3)21-12-25-11-20-16(21)9-19(28-20)22-17-8-15(10-27-23(17)30-29-22)18-6-4-5-7-26-18/h4-13,28H,2H2,1,3H3,(H,27,29,30)/b14-13-. The number of anilines is 1. The molecule has 0 amide bonds. The molecule has 0 aliphatic carbocycles. The molecule has 5 aromatic rings. The van der Waals surface area contributed by atoms with Crippen molar-refractivity contribution in [3.63, 3.8) is 0 Å². The van der Waals surface area contributed by atoms with E-state index < -0.39 is 0 Å². The summed E-state index contributed by atoms with van der Waals surface area (Å²) in [5.74, 6) is 0. The molecule has 0 spiro atoms. The number of nitrogens with zero attached hydrogens (tertiary/aromatic N) is 6. The van der Waals surface area contributed by atoms with Crippen LogP contribution in [0, 0.1) is 0 Å². The van der Waals surface area contributed by atoms with Gasteiger partial charge in [-0.15, -0.1) is 0 Å². The SMILES string of the molecule is C=N/C(C)=C\N(C)c1cncc2[nH]c(-c3n[nH]c4ncc(-c5ccccn5)cc34)cc12. The molecule has 0 aliphatic rings. The molecule has 152 valence electrons. The van der Waals surface area contributed by atoms with Crippen LogP contribution in [-0.4, -0.2) is 43.9 Å². The van der Waals surface area contributed by atoms with Gasteiger partial charge in [-0.2, -0.15) is 5.10 Å². The number of H-pyrrole nitrogens is 2. The minimum Gasteiger partial charge on any atom is -0.352 e. The second kappa shape index (κ2) is 7.49. The van der Waals surface area contributed by atoms with Gasteiger partial charge in [0.05, 0.1) is 40.7 Å². The lowest BCUT2D eigenvalue weighted by Crippen LogP contribution is -2.09. The van der Waals surface area contributed by atoms with E-state index in [9.17, 15) is 0 Å². The summed E-state index contributed by atoms with van der Waals surface area (Å²) in [5, 5.41) is 9.50. The molecule has 0 saturated heterocycles. The molecule has 2 N–H and O–H groups in total. The molecule has 0 fully saturated rings. The molecular weight excluding hydrogens is 388 g/mol. The van der Waals surface area contributed by atoms with Crippen molar-refractivity contribution in [3.05, 3.63) is 67.0 Å². The maximum absolute atomic E-state index is 4.53. The number of fused-ring (bicyclic) bond motifs is 2. The largest absolute Gasteiger partial charge is 0.352 e. The fourth-order valence-electron chi connectivity index (χ4n) is 3.62. The fraction of sp³-hybridized carbons (Fsp3) is 0.0870. The van der Waals surface area contributed by atoms with Crippen molar-refractivity contribution in [1.29, 1.82) is 0 Å². The van der Waals surface area contributed by atoms with E-state index in [1.54, 1.807) is 12.4 Å². The predicted molar refractivity (Wildman–Crippen MR) is 124 cm³/mol. The molecule has 8 heteroatoms. The first kappa shape index (κ1) is 18.7. The number of aromatic amines is 2. The number of pyridine rings is 3. The van der Waals surface area contributed by atoms with E-state index in [0.717, 1.165) is 56.0 Å². The monoisotopic (exact) mass is 408 g/mol. The summed E-state index contributed by atoms with van der Waals surface area (Å²) in [4.78, 5) is 22.7. The van der Waals surface area contributed by atoms with Crippen LogP contribution in [0.15, 0.2) is 72.0 Å². The first-order valence-electron chi connectivity index (χ1n) is 9.74. The van der Waals surface area contributed by atoms with E-state index in [1.807, 2.05) is 55.7 Å². The molecule has 0 aromatic carbocycles. The topological polar surface area (TPSA) is 98.7 Å². The second-order valence-electron chi connectivity index (χ2n) is 7.25. The van der Waals surface area contributed by atoms with Crippen molar-refractivity contribution in [2.24, 2.45) is 4.99 Å². The molecular formula is C23H20N8. The predicted octanol–water partition coefficient (Wildman–Crippen LogP) is 4.56. The van der Waals surface area contributed by atoms with Crippen LogP contribution in [0.4, 0.5) is 5.69 Å². The van der Waals surface area contributed by atoms with Gasteiger partial charge in [-0.25, -0.2) is 4.98 Å². The van der Waals surface area contributed by atoms with Gasteiger partial charge >= 0.3 is 0 Å². The Hall–Kier alpha value is -4.33. The number of nitrogens with one attached hydrogen (secondary N) is 2. The van der Waals surface area contributed by atoms with Crippen LogP contribution in [0.25, 0.3) is 44.6 Å². The third-order valence-electron chi connectivity index (χ3n) is 5.17. The van der Waals surface area contributed by atoms with Crippen molar-refractivity contribution in [1.82, 2.24) is 30.1 Å². The number of rotatable bonds is 5. The Bertz CT molecular complexity index is 1430. The molecule has 0 atom stereocenters. The van der Waals surface area contributed by atoms with E-state index in [-0.39, 0.29) is 0 Å². The second-order valence-corrected chi connectivity index (χ2v) is 7.25. The molecule has 5 heterocycles. The number of aliphatic imine (C=N–C) groups is 1. The van der Waals surface area contributed by atoms with Gasteiger partial charge in [0.15, 0.2) is 5.65 Å². The minimum atomic E-state index is 0.722. The van der Waals surface area contributed by atoms with Gasteiger partial charge in [0.25, 0.3) is 0 Å². The van der Waals surface area contributed by atoms with Crippen LogP contribution in [0.1, 0.15) is 6.92 Å². The van der Waals surface area contributed by atoms with Crippen LogP contribution >= 0.6 is 0 Å². The van der Waals surface area contributed by atoms with E-state index in [1.165, 1.54) is 0 Å². The van der Waals surface area contributed by atoms with Gasteiger partial charge in [-0.1, -0.05) is 6.07 Å². The van der Waals surface area contributed by atoms with Crippen molar-refractivity contribution in [2.45, 2.75) is 6.92 Å². The Labute approximate surface area is 178 Å². The first-order chi connectivity index (χ1) is 15.1. The Morgan fingerprint density at radius 2 is 2.03 bits per heavy atom. The maximum atomic E-state index is 4.53. The van der Waals surface area contributed by atoms with Crippen molar-refractivity contribution >= 4 is 34.3 Å². The average molecular weight is 408 g/mol. The Balaban J connectivity index is 1.63. The van der Waals surface area contributed by atoms with Crippen LogP contribution < -0.4 is 4.90 Å². The van der Waals surface area contributed by atoms with Gasteiger partial charge in [-0.3, -0.25) is 20.1 Å². The third kappa shape index (κ3) is 3.33. The molecule has 0 radical (unpaired) electrons. The van der Waals surface area contributed by atoms with E-state index in [4.69, 9.17) is 0 Å². The molecule has 0 unspecified atom stereocenters. The molecule has 31 heavy (non-hydrogen) atoms. The zero-order chi connectivity index (χ0) is 21.4. The van der Waals surface area contributed by atoms with Crippen LogP contribution in [0.5, 0.6) is 0 Å². The van der Waals surface area contributed by atoms with Crippen LogP contribution in [-0.2, 0) is 0 Å². The van der Waals surface area contributed by atoms with E-state index in [2.05, 4.69) is 54.0 Å². The van der Waals surface area contributed by atoms with Gasteiger partial charge < -0.3 is 9.88 Å². The lowest BCUT2D eigenvalue weighted by molar-refractivity contribution is 1.10. The van der Waals surface area contributed by atoms with Gasteiger partial charge in [-0.05, 0) is 37.9 Å². The fourth-order valence-corrected chi connectivity index (χ4v) is 3.62. The number of hydrogen-bond donors (Lipinski definition) is 2. The van der Waals surface area contributed by atoms with Gasteiger partial charge in [0, 0.05) is 42.0 Å². The third-order valence-corrected chi connectivity index (χ3v) is 5.17. The zero-order valence-corrected chi connectivity index (χ0v) is 17.2. The van der Waals surface area contributed by atoms with E-state index >= 15 is 0 Å². The Kier molecular flexibility index (Phi) is 4.51. The van der Waals surface area contributed by atoms with Crippen molar-refractivity contribution in [3.8, 4) is 22.6 Å². The normalized spacial score (nSPS) is 11.9. The van der Waals surface area contributed by atoms with E-state index in [0.29, 0.717) is 0 Å². The summed E-state index contributed by atoms with van der Waals surface area (Å²) in [5.41, 5.74) is 6.90. The number of allylic oxidation sites excluding steroid dienone is 1. The highest BCUT2D eigenvalue weighted by Crippen LogP contribution is 2.33. The van der Waals surface area contributed by atoms with Gasteiger partial charge in [0.2, 0.25) is 0 Å². The average Bonchev–Trinajstić information content (AvgIpc) is 3.42. The Morgan fingerprint density at radius 3 is 2.84 bits per heavy atom. The smallest absolute Gasteiger partial charge is 0.155 e. The number of hydrogen-bond acceptors (Lipinski definition) is 6. The lowest BCUT2D eigenvalue weighted by atomic mass is 10.1. The summed E-state index contributed by atoms with van der Waals surface area (Å²) >= 11 is 0. The van der Waals surface area contributed by atoms with Crippen molar-refractivity contribution < 1.29 is 0 Å². The quantitative estimate of drug-likeness (QED) is 0.415. The minimum absolute atomic E-state index is 0.722. The zero-order valence-electron chi connectivity index (χ0n) is 17.2. The van der Waals surface area contributed by atoms with Gasteiger partial charge in [0.1, 0.15) is 5.69 Å². The lowest BCUT2D eigenvalue weighted by Gasteiger charge is -2.15. The molecule has 8 nitrogen and oxygen atoms in total. The van der Waals surface area contributed by atoms with Crippen LogP contribution in [0.2, 0.25) is 0 Å². The summed E-state index contributed by atoms with van der Waals surface area (Å²) in [6.07, 6.45) is 9.14.